The second-order valence-electron chi connectivity index (χ2n) is 3.12. The topological polar surface area (TPSA) is 52.4 Å². The van der Waals surface area contributed by atoms with Crippen molar-refractivity contribution in [2.75, 3.05) is 6.61 Å². The molecule has 0 atom stereocenters. The molecule has 0 bridgehead atoms. The molecule has 0 saturated heterocycles. The molecule has 0 aliphatic carbocycles. The molecule has 1 aromatic carbocycles. The molecule has 1 rings (SSSR count). The Bertz CT molecular complexity index is 422. The number of nitro groups is 1. The normalized spacial score (nSPS) is 11.5. The van der Waals surface area contributed by atoms with E-state index in [2.05, 4.69) is 20.7 Å². The van der Waals surface area contributed by atoms with Crippen LogP contribution in [0.25, 0.3) is 0 Å². The monoisotopic (exact) mass is 313 g/mol. The van der Waals surface area contributed by atoms with Gasteiger partial charge in [-0.25, -0.2) is 0 Å². The SMILES string of the molecule is O=[N+]([O-])c1cccc(COCC(F)(F)F)c1Br. The molecule has 0 amide bonds. The summed E-state index contributed by atoms with van der Waals surface area (Å²) < 4.78 is 40.0. The van der Waals surface area contributed by atoms with Crippen LogP contribution in [0.15, 0.2) is 22.7 Å². The van der Waals surface area contributed by atoms with E-state index < -0.39 is 17.7 Å². The average molecular weight is 314 g/mol. The molecule has 0 unspecified atom stereocenters. The van der Waals surface area contributed by atoms with E-state index in [-0.39, 0.29) is 16.8 Å². The first-order valence-corrected chi connectivity index (χ1v) is 5.17. The van der Waals surface area contributed by atoms with E-state index in [0.717, 1.165) is 0 Å². The molecule has 17 heavy (non-hydrogen) atoms. The Morgan fingerprint density at radius 2 is 2.06 bits per heavy atom. The summed E-state index contributed by atoms with van der Waals surface area (Å²) in [5.41, 5.74) is 0.0848. The van der Waals surface area contributed by atoms with Crippen molar-refractivity contribution in [1.29, 1.82) is 0 Å². The van der Waals surface area contributed by atoms with Gasteiger partial charge in [-0.1, -0.05) is 12.1 Å². The second kappa shape index (κ2) is 5.46. The van der Waals surface area contributed by atoms with Crippen LogP contribution in [0.1, 0.15) is 5.56 Å². The molecule has 0 spiro atoms. The Morgan fingerprint density at radius 3 is 2.59 bits per heavy atom. The summed E-state index contributed by atoms with van der Waals surface area (Å²) in [4.78, 5) is 9.93. The molecular formula is C9H7BrF3NO3. The van der Waals surface area contributed by atoms with Crippen molar-refractivity contribution in [2.24, 2.45) is 0 Å². The third kappa shape index (κ3) is 4.31. The van der Waals surface area contributed by atoms with Gasteiger partial charge < -0.3 is 4.74 Å². The highest BCUT2D eigenvalue weighted by molar-refractivity contribution is 9.10. The highest BCUT2D eigenvalue weighted by Gasteiger charge is 2.27. The van der Waals surface area contributed by atoms with E-state index in [0.29, 0.717) is 5.56 Å². The maximum Gasteiger partial charge on any atom is 0.411 e. The quantitative estimate of drug-likeness (QED) is 0.632. The standard InChI is InChI=1S/C9H7BrF3NO3/c10-8-6(4-17-5-9(11,12)13)2-1-3-7(8)14(15)16/h1-3H,4-5H2. The molecule has 1 aromatic rings. The van der Waals surface area contributed by atoms with Gasteiger partial charge in [0, 0.05) is 6.07 Å². The van der Waals surface area contributed by atoms with Crippen molar-refractivity contribution in [3.63, 3.8) is 0 Å². The summed E-state index contributed by atoms with van der Waals surface area (Å²) in [5.74, 6) is 0. The molecule has 0 aliphatic rings. The van der Waals surface area contributed by atoms with E-state index in [1.165, 1.54) is 18.2 Å². The van der Waals surface area contributed by atoms with Gasteiger partial charge in [-0.15, -0.1) is 0 Å². The highest BCUT2D eigenvalue weighted by Crippen LogP contribution is 2.29. The number of ether oxygens (including phenoxy) is 1. The third-order valence-electron chi connectivity index (χ3n) is 1.78. The highest BCUT2D eigenvalue weighted by atomic mass is 79.9. The summed E-state index contributed by atoms with van der Waals surface area (Å²) in [7, 11) is 0. The molecule has 8 heteroatoms. The lowest BCUT2D eigenvalue weighted by Crippen LogP contribution is -2.16. The summed E-state index contributed by atoms with van der Waals surface area (Å²) >= 11 is 2.96. The molecule has 0 heterocycles. The second-order valence-corrected chi connectivity index (χ2v) is 3.91. The maximum absolute atomic E-state index is 11.8. The van der Waals surface area contributed by atoms with Crippen molar-refractivity contribution in [2.45, 2.75) is 12.8 Å². The van der Waals surface area contributed by atoms with E-state index >= 15 is 0 Å². The minimum Gasteiger partial charge on any atom is -0.367 e. The first-order chi connectivity index (χ1) is 7.81. The zero-order chi connectivity index (χ0) is 13.1. The molecule has 0 N–H and O–H groups in total. The van der Waals surface area contributed by atoms with Crippen molar-refractivity contribution in [1.82, 2.24) is 0 Å². The van der Waals surface area contributed by atoms with Gasteiger partial charge >= 0.3 is 6.18 Å². The predicted molar refractivity (Wildman–Crippen MR) is 56.5 cm³/mol. The molecule has 0 radical (unpaired) electrons. The molecule has 0 fully saturated rings. The molecule has 94 valence electrons. The average Bonchev–Trinajstić information content (AvgIpc) is 2.18. The number of hydrogen-bond donors (Lipinski definition) is 0. The van der Waals surface area contributed by atoms with Crippen LogP contribution in [0.2, 0.25) is 0 Å². The van der Waals surface area contributed by atoms with Crippen molar-refractivity contribution >= 4 is 21.6 Å². The van der Waals surface area contributed by atoms with Crippen molar-refractivity contribution in [3.8, 4) is 0 Å². The molecule has 4 nitrogen and oxygen atoms in total. The number of alkyl halides is 3. The summed E-state index contributed by atoms with van der Waals surface area (Å²) in [6.07, 6.45) is -4.41. The van der Waals surface area contributed by atoms with Gasteiger partial charge in [0.1, 0.15) is 11.1 Å². The van der Waals surface area contributed by atoms with Crippen LogP contribution in [-0.2, 0) is 11.3 Å². The Kier molecular flexibility index (Phi) is 4.47. The molecule has 0 aromatic heterocycles. The van der Waals surface area contributed by atoms with Gasteiger partial charge in [0.25, 0.3) is 5.69 Å². The zero-order valence-corrected chi connectivity index (χ0v) is 9.92. The fraction of sp³-hybridized carbons (Fsp3) is 0.333. The Hall–Kier alpha value is -1.15. The first kappa shape index (κ1) is 13.9. The molecule has 0 saturated carbocycles. The lowest BCUT2D eigenvalue weighted by molar-refractivity contribution is -0.385. The zero-order valence-electron chi connectivity index (χ0n) is 8.33. The minimum absolute atomic E-state index is 0.132. The lowest BCUT2D eigenvalue weighted by Gasteiger charge is -2.08. The number of nitrogens with zero attached hydrogens (tertiary/aromatic N) is 1. The molecular weight excluding hydrogens is 307 g/mol. The molecule has 0 aliphatic heterocycles. The van der Waals surface area contributed by atoms with Crippen molar-refractivity contribution < 1.29 is 22.8 Å². The largest absolute Gasteiger partial charge is 0.411 e. The van der Waals surface area contributed by atoms with Gasteiger partial charge in [0.05, 0.1) is 11.5 Å². The first-order valence-electron chi connectivity index (χ1n) is 4.37. The Labute approximate surface area is 103 Å². The third-order valence-corrected chi connectivity index (χ3v) is 2.69. The Balaban J connectivity index is 2.72. The number of halogens is 4. The summed E-state index contributed by atoms with van der Waals surface area (Å²) in [6, 6.07) is 4.08. The van der Waals surface area contributed by atoms with Crippen molar-refractivity contribution in [3.05, 3.63) is 38.3 Å². The lowest BCUT2D eigenvalue weighted by atomic mass is 10.2. The number of benzene rings is 1. The smallest absolute Gasteiger partial charge is 0.367 e. The Morgan fingerprint density at radius 1 is 1.41 bits per heavy atom. The minimum atomic E-state index is -4.41. The van der Waals surface area contributed by atoms with E-state index in [1.54, 1.807) is 0 Å². The van der Waals surface area contributed by atoms with Gasteiger partial charge in [-0.3, -0.25) is 10.1 Å². The van der Waals surface area contributed by atoms with Crippen LogP contribution in [0.4, 0.5) is 18.9 Å². The van der Waals surface area contributed by atoms with Crippen LogP contribution in [0.3, 0.4) is 0 Å². The summed E-state index contributed by atoms with van der Waals surface area (Å²) in [5, 5.41) is 10.6. The van der Waals surface area contributed by atoms with Crippen LogP contribution in [0, 0.1) is 10.1 Å². The van der Waals surface area contributed by atoms with Crippen LogP contribution < -0.4 is 0 Å². The van der Waals surface area contributed by atoms with E-state index in [4.69, 9.17) is 0 Å². The maximum atomic E-state index is 11.8. The predicted octanol–water partition coefficient (Wildman–Crippen LogP) is 3.44. The van der Waals surface area contributed by atoms with Crippen LogP contribution >= 0.6 is 15.9 Å². The van der Waals surface area contributed by atoms with E-state index in [9.17, 15) is 23.3 Å². The van der Waals surface area contributed by atoms with Gasteiger partial charge in [-0.05, 0) is 21.5 Å². The van der Waals surface area contributed by atoms with E-state index in [1.807, 2.05) is 0 Å². The summed E-state index contributed by atoms with van der Waals surface area (Å²) in [6.45, 7) is -1.73. The fourth-order valence-corrected chi connectivity index (χ4v) is 1.62. The van der Waals surface area contributed by atoms with Gasteiger partial charge in [-0.2, -0.15) is 13.2 Å². The number of rotatable bonds is 4. The van der Waals surface area contributed by atoms with Gasteiger partial charge in [0.15, 0.2) is 0 Å². The van der Waals surface area contributed by atoms with Gasteiger partial charge in [0.2, 0.25) is 0 Å². The number of nitro benzene ring substituents is 1. The van der Waals surface area contributed by atoms with Crippen LogP contribution in [-0.4, -0.2) is 17.7 Å². The fourth-order valence-electron chi connectivity index (χ4n) is 1.10. The number of hydrogen-bond acceptors (Lipinski definition) is 3. The van der Waals surface area contributed by atoms with Crippen LogP contribution in [0.5, 0.6) is 0 Å².